The van der Waals surface area contributed by atoms with Crippen molar-refractivity contribution in [2.45, 2.75) is 51.0 Å². The number of carbonyl (C=O) groups is 2. The van der Waals surface area contributed by atoms with Crippen molar-refractivity contribution in [1.29, 1.82) is 0 Å². The first-order valence-electron chi connectivity index (χ1n) is 7.31. The number of carbonyl (C=O) groups excluding carboxylic acids is 1. The molecule has 0 radical (unpaired) electrons. The second-order valence-corrected chi connectivity index (χ2v) is 7.78. The Hall–Kier alpha value is -1.31. The summed E-state index contributed by atoms with van der Waals surface area (Å²) in [5.41, 5.74) is -1.22. The smallest absolute Gasteiger partial charge is 0.329 e. The average Bonchev–Trinajstić information content (AvgIpc) is 2.39. The van der Waals surface area contributed by atoms with Crippen LogP contribution in [0.4, 0.5) is 4.79 Å². The van der Waals surface area contributed by atoms with Crippen LogP contribution in [0.15, 0.2) is 0 Å². The topological polar surface area (TPSA) is 113 Å². The maximum absolute atomic E-state index is 11.8. The normalized spacial score (nSPS) is 18.0. The van der Waals surface area contributed by atoms with Gasteiger partial charge >= 0.3 is 12.0 Å². The van der Waals surface area contributed by atoms with Gasteiger partial charge in [0.2, 0.25) is 0 Å². The number of sulfone groups is 1. The first kappa shape index (κ1) is 17.7. The van der Waals surface area contributed by atoms with Gasteiger partial charge in [-0.1, -0.05) is 26.2 Å². The Labute approximate surface area is 125 Å². The molecule has 1 aliphatic rings. The van der Waals surface area contributed by atoms with Gasteiger partial charge < -0.3 is 15.7 Å². The summed E-state index contributed by atoms with van der Waals surface area (Å²) in [6, 6.07) is -0.619. The third-order valence-corrected chi connectivity index (χ3v) is 5.54. The second-order valence-electron chi connectivity index (χ2n) is 5.48. The van der Waals surface area contributed by atoms with Crippen LogP contribution in [0.5, 0.6) is 0 Å². The van der Waals surface area contributed by atoms with Crippen LogP contribution < -0.4 is 10.6 Å². The summed E-state index contributed by atoms with van der Waals surface area (Å²) in [5.74, 6) is -1.07. The van der Waals surface area contributed by atoms with Gasteiger partial charge in [0.25, 0.3) is 0 Å². The van der Waals surface area contributed by atoms with E-state index in [0.717, 1.165) is 19.3 Å². The van der Waals surface area contributed by atoms with Crippen molar-refractivity contribution in [3.63, 3.8) is 0 Å². The molecule has 0 unspecified atom stereocenters. The molecule has 0 aromatic carbocycles. The molecule has 0 bridgehead atoms. The van der Waals surface area contributed by atoms with E-state index in [9.17, 15) is 23.1 Å². The predicted octanol–water partition coefficient (Wildman–Crippen LogP) is 0.898. The van der Waals surface area contributed by atoms with Gasteiger partial charge in [-0.3, -0.25) is 0 Å². The summed E-state index contributed by atoms with van der Waals surface area (Å²) in [5, 5.41) is 14.3. The molecule has 3 N–H and O–H groups in total. The van der Waals surface area contributed by atoms with Gasteiger partial charge in [-0.15, -0.1) is 0 Å². The van der Waals surface area contributed by atoms with Gasteiger partial charge in [0.1, 0.15) is 5.54 Å². The molecule has 7 nitrogen and oxygen atoms in total. The maximum atomic E-state index is 11.8. The van der Waals surface area contributed by atoms with Crippen molar-refractivity contribution in [2.75, 3.05) is 18.1 Å². The third-order valence-electron chi connectivity index (χ3n) is 3.68. The first-order valence-corrected chi connectivity index (χ1v) is 9.13. The molecule has 1 aliphatic carbocycles. The Balaban J connectivity index is 2.47. The van der Waals surface area contributed by atoms with E-state index in [1.807, 2.05) is 0 Å². The fourth-order valence-electron chi connectivity index (χ4n) is 2.54. The van der Waals surface area contributed by atoms with E-state index < -0.39 is 27.4 Å². The van der Waals surface area contributed by atoms with Crippen molar-refractivity contribution in [2.24, 2.45) is 0 Å². The number of urea groups is 1. The van der Waals surface area contributed by atoms with E-state index in [1.54, 1.807) is 6.92 Å². The van der Waals surface area contributed by atoms with E-state index >= 15 is 0 Å². The van der Waals surface area contributed by atoms with Crippen LogP contribution in [0.25, 0.3) is 0 Å². The lowest BCUT2D eigenvalue weighted by Gasteiger charge is -2.33. The molecule has 0 saturated heterocycles. The molecular formula is C13H24N2O5S. The Kier molecular flexibility index (Phi) is 6.44. The molecule has 0 atom stereocenters. The highest BCUT2D eigenvalue weighted by Gasteiger charge is 2.40. The minimum atomic E-state index is -3.15. The highest BCUT2D eigenvalue weighted by molar-refractivity contribution is 7.91. The molecule has 0 spiro atoms. The first-order chi connectivity index (χ1) is 9.81. The molecule has 0 aromatic heterocycles. The van der Waals surface area contributed by atoms with Crippen molar-refractivity contribution >= 4 is 21.8 Å². The molecule has 1 saturated carbocycles. The van der Waals surface area contributed by atoms with E-state index in [1.165, 1.54) is 0 Å². The lowest BCUT2D eigenvalue weighted by Crippen LogP contribution is -2.58. The Morgan fingerprint density at radius 2 is 1.76 bits per heavy atom. The zero-order valence-corrected chi connectivity index (χ0v) is 13.2. The summed E-state index contributed by atoms with van der Waals surface area (Å²) in [4.78, 5) is 23.2. The third kappa shape index (κ3) is 5.53. The Morgan fingerprint density at radius 1 is 1.14 bits per heavy atom. The summed E-state index contributed by atoms with van der Waals surface area (Å²) in [6.45, 7) is 1.77. The van der Waals surface area contributed by atoms with E-state index in [4.69, 9.17) is 0 Å². The molecule has 1 rings (SSSR count). The molecule has 21 heavy (non-hydrogen) atoms. The summed E-state index contributed by atoms with van der Waals surface area (Å²) in [7, 11) is -3.15. The van der Waals surface area contributed by atoms with Crippen molar-refractivity contribution in [1.82, 2.24) is 10.6 Å². The number of carboxylic acid groups (broad SMARTS) is 1. The fraction of sp³-hybridized carbons (Fsp3) is 0.846. The molecule has 1 fully saturated rings. The minimum Gasteiger partial charge on any atom is -0.480 e. The fourth-order valence-corrected chi connectivity index (χ4v) is 3.78. The SMILES string of the molecule is CCCS(=O)(=O)CCNC(=O)NC1(C(=O)O)CCCCC1. The molecule has 0 aromatic rings. The highest BCUT2D eigenvalue weighted by atomic mass is 32.2. The molecule has 2 amide bonds. The van der Waals surface area contributed by atoms with Crippen LogP contribution in [-0.4, -0.2) is 49.1 Å². The van der Waals surface area contributed by atoms with Crippen molar-refractivity contribution in [3.05, 3.63) is 0 Å². The summed E-state index contributed by atoms with van der Waals surface area (Å²) < 4.78 is 23.0. The van der Waals surface area contributed by atoms with Crippen LogP contribution >= 0.6 is 0 Å². The molecule has 0 heterocycles. The van der Waals surface area contributed by atoms with E-state index in [2.05, 4.69) is 10.6 Å². The predicted molar refractivity (Wildman–Crippen MR) is 78.9 cm³/mol. The zero-order valence-electron chi connectivity index (χ0n) is 12.4. The van der Waals surface area contributed by atoms with Crippen molar-refractivity contribution in [3.8, 4) is 0 Å². The molecule has 122 valence electrons. The number of hydrogen-bond donors (Lipinski definition) is 3. The molecule has 8 heteroatoms. The highest BCUT2D eigenvalue weighted by Crippen LogP contribution is 2.28. The maximum Gasteiger partial charge on any atom is 0.329 e. The summed E-state index contributed by atoms with van der Waals surface area (Å²) >= 11 is 0. The van der Waals surface area contributed by atoms with Gasteiger partial charge in [0.15, 0.2) is 9.84 Å². The lowest BCUT2D eigenvalue weighted by atomic mass is 9.82. The number of rotatable bonds is 7. The average molecular weight is 320 g/mol. The second kappa shape index (κ2) is 7.63. The van der Waals surface area contributed by atoms with Gasteiger partial charge in [-0.25, -0.2) is 18.0 Å². The minimum absolute atomic E-state index is 0.0101. The Morgan fingerprint density at radius 3 is 2.29 bits per heavy atom. The molecule has 0 aliphatic heterocycles. The van der Waals surface area contributed by atoms with Crippen LogP contribution in [0.2, 0.25) is 0 Å². The van der Waals surface area contributed by atoms with E-state index in [-0.39, 0.29) is 18.1 Å². The number of hydrogen-bond acceptors (Lipinski definition) is 4. The number of amides is 2. The van der Waals surface area contributed by atoms with Crippen LogP contribution in [0.3, 0.4) is 0 Å². The summed E-state index contributed by atoms with van der Waals surface area (Å²) in [6.07, 6.45) is 3.84. The van der Waals surface area contributed by atoms with Gasteiger partial charge in [-0.05, 0) is 19.3 Å². The largest absolute Gasteiger partial charge is 0.480 e. The zero-order chi connectivity index (χ0) is 15.9. The van der Waals surface area contributed by atoms with Crippen LogP contribution in [-0.2, 0) is 14.6 Å². The van der Waals surface area contributed by atoms with Crippen LogP contribution in [0, 0.1) is 0 Å². The molecular weight excluding hydrogens is 296 g/mol. The monoisotopic (exact) mass is 320 g/mol. The standard InChI is InChI=1S/C13H24N2O5S/c1-2-9-21(19,20)10-8-14-12(18)15-13(11(16)17)6-4-3-5-7-13/h2-10H2,1H3,(H,16,17)(H2,14,15,18). The van der Waals surface area contributed by atoms with Crippen molar-refractivity contribution < 1.29 is 23.1 Å². The number of carboxylic acids is 1. The van der Waals surface area contributed by atoms with Gasteiger partial charge in [0.05, 0.1) is 5.75 Å². The van der Waals surface area contributed by atoms with E-state index in [0.29, 0.717) is 19.3 Å². The quantitative estimate of drug-likeness (QED) is 0.645. The lowest BCUT2D eigenvalue weighted by molar-refractivity contribution is -0.145. The number of aliphatic carboxylic acids is 1. The Bertz CT molecular complexity index is 469. The van der Waals surface area contributed by atoms with Gasteiger partial charge in [0, 0.05) is 12.3 Å². The van der Waals surface area contributed by atoms with Crippen LogP contribution in [0.1, 0.15) is 45.4 Å². The number of nitrogens with one attached hydrogen (secondary N) is 2. The van der Waals surface area contributed by atoms with Gasteiger partial charge in [-0.2, -0.15) is 0 Å².